The van der Waals surface area contributed by atoms with Crippen molar-refractivity contribution in [3.8, 4) is 39.8 Å². The highest BCUT2D eigenvalue weighted by atomic mass is 19.1. The Kier molecular flexibility index (Phi) is 6.41. The van der Waals surface area contributed by atoms with Gasteiger partial charge in [0.15, 0.2) is 11.2 Å². The minimum atomic E-state index is -1.23. The van der Waals surface area contributed by atoms with E-state index in [1.165, 1.54) is 55.6 Å². The number of benzene rings is 5. The number of anilines is 1. The zero-order valence-corrected chi connectivity index (χ0v) is 24.7. The summed E-state index contributed by atoms with van der Waals surface area (Å²) in [6.07, 6.45) is 0. The maximum atomic E-state index is 15.2. The van der Waals surface area contributed by atoms with E-state index >= 15 is 4.39 Å². The first-order valence-electron chi connectivity index (χ1n) is 14.4. The van der Waals surface area contributed by atoms with Crippen LogP contribution in [0, 0.1) is 11.6 Å². The van der Waals surface area contributed by atoms with Gasteiger partial charge in [-0.15, -0.1) is 0 Å². The molecule has 2 amide bonds. The quantitative estimate of drug-likeness (QED) is 0.180. The second kappa shape index (κ2) is 10.7. The molecule has 0 fully saturated rings. The molecule has 48 heavy (non-hydrogen) atoms. The first-order chi connectivity index (χ1) is 23.2. The molecule has 8 rings (SSSR count). The number of nitrogens with zero attached hydrogens (tertiary/aromatic N) is 3. The average molecular weight is 644 g/mol. The maximum absolute atomic E-state index is 15.2. The summed E-state index contributed by atoms with van der Waals surface area (Å²) in [5, 5.41) is 9.40. The Morgan fingerprint density at radius 3 is 2.23 bits per heavy atom. The number of carboxylic acid groups (broad SMARTS) is 1. The van der Waals surface area contributed by atoms with E-state index in [-0.39, 0.29) is 73.0 Å². The molecule has 1 aliphatic rings. The van der Waals surface area contributed by atoms with Gasteiger partial charge >= 0.3 is 5.97 Å². The third-order valence-electron chi connectivity index (χ3n) is 8.09. The highest BCUT2D eigenvalue weighted by Gasteiger charge is 2.39. The van der Waals surface area contributed by atoms with Crippen molar-refractivity contribution in [2.45, 2.75) is 0 Å². The molecule has 1 aliphatic heterocycles. The van der Waals surface area contributed by atoms with Crippen LogP contribution in [0.15, 0.2) is 99.8 Å². The number of aromatic carboxylic acids is 1. The summed E-state index contributed by atoms with van der Waals surface area (Å²) in [7, 11) is 1.44. The molecule has 0 spiro atoms. The molecule has 0 saturated heterocycles. The molecule has 0 unspecified atom stereocenters. The zero-order chi connectivity index (χ0) is 33.3. The van der Waals surface area contributed by atoms with Gasteiger partial charge in [0.1, 0.15) is 34.0 Å². The normalized spacial score (nSPS) is 12.7. The summed E-state index contributed by atoms with van der Waals surface area (Å²) in [5.74, 6) is -3.35. The minimum absolute atomic E-state index is 0.0263. The number of rotatable bonds is 6. The van der Waals surface area contributed by atoms with Crippen molar-refractivity contribution in [1.29, 1.82) is 0 Å². The lowest BCUT2D eigenvalue weighted by atomic mass is 10.0. The minimum Gasteiger partial charge on any atom is -0.496 e. The summed E-state index contributed by atoms with van der Waals surface area (Å²) in [5.41, 5.74) is 1.89. The van der Waals surface area contributed by atoms with E-state index < -0.39 is 29.4 Å². The number of oxazole rings is 2. The highest BCUT2D eigenvalue weighted by molar-refractivity contribution is 6.35. The molecule has 1 N–H and O–H groups in total. The molecular weight excluding hydrogens is 624 g/mol. The van der Waals surface area contributed by atoms with E-state index in [9.17, 15) is 23.9 Å². The van der Waals surface area contributed by atoms with Gasteiger partial charge in [-0.3, -0.25) is 9.59 Å². The van der Waals surface area contributed by atoms with Crippen LogP contribution in [0.2, 0.25) is 0 Å². The van der Waals surface area contributed by atoms with Gasteiger partial charge < -0.3 is 18.7 Å². The van der Waals surface area contributed by atoms with Gasteiger partial charge in [-0.25, -0.2) is 28.4 Å². The second-order valence-corrected chi connectivity index (χ2v) is 10.8. The molecule has 2 aromatic heterocycles. The van der Waals surface area contributed by atoms with E-state index in [4.69, 9.17) is 18.6 Å². The van der Waals surface area contributed by atoms with Crippen LogP contribution < -0.4 is 9.64 Å². The SMILES string of the molecule is COc1ccc2oc(-c3ccccc3N3C(=O)c4ccc(C(=O)O)cc4C3=O)nc2c1-c1nc2c(-c3cccc(F)c3)c(F)ccc2o1. The molecule has 0 aliphatic carbocycles. The molecule has 0 radical (unpaired) electrons. The second-order valence-electron chi connectivity index (χ2n) is 10.8. The van der Waals surface area contributed by atoms with Crippen molar-refractivity contribution in [1.82, 2.24) is 9.97 Å². The third kappa shape index (κ3) is 4.34. The fourth-order valence-electron chi connectivity index (χ4n) is 5.90. The standard InChI is InChI=1S/C36H19F2N3O7/c1-46-25-13-14-27-31(29(25)33-40-30-26(48-33)12-11-23(38)28(30)17-5-4-6-19(37)15-17)39-32(47-27)21-7-2-3-8-24(21)41-34(42)20-10-9-18(36(44)45)16-22(20)35(41)43/h2-16H,1H3,(H,44,45). The van der Waals surface area contributed by atoms with E-state index in [1.54, 1.807) is 42.5 Å². The smallest absolute Gasteiger partial charge is 0.335 e. The molecule has 12 heteroatoms. The van der Waals surface area contributed by atoms with Crippen LogP contribution in [0.1, 0.15) is 31.1 Å². The predicted octanol–water partition coefficient (Wildman–Crippen LogP) is 7.76. The first kappa shape index (κ1) is 28.8. The molecule has 10 nitrogen and oxygen atoms in total. The first-order valence-corrected chi connectivity index (χ1v) is 14.4. The van der Waals surface area contributed by atoms with Gasteiger partial charge in [0.25, 0.3) is 11.8 Å². The fraction of sp³-hybridized carbons (Fsp3) is 0.0278. The number of carboxylic acids is 1. The van der Waals surface area contributed by atoms with Gasteiger partial charge in [-0.2, -0.15) is 0 Å². The zero-order valence-electron chi connectivity index (χ0n) is 24.7. The Balaban J connectivity index is 1.27. The number of hydrogen-bond acceptors (Lipinski definition) is 8. The van der Waals surface area contributed by atoms with E-state index in [2.05, 4.69) is 4.98 Å². The molecule has 0 atom stereocenters. The Labute approximate surface area is 268 Å². The van der Waals surface area contributed by atoms with Crippen LogP contribution in [0.4, 0.5) is 14.5 Å². The number of aromatic nitrogens is 2. The largest absolute Gasteiger partial charge is 0.496 e. The van der Waals surface area contributed by atoms with Crippen molar-refractivity contribution in [3.05, 3.63) is 119 Å². The maximum Gasteiger partial charge on any atom is 0.335 e. The predicted molar refractivity (Wildman–Crippen MR) is 169 cm³/mol. The molecule has 7 aromatic rings. The van der Waals surface area contributed by atoms with Gasteiger partial charge in [-0.05, 0) is 72.3 Å². The molecule has 0 saturated carbocycles. The number of ether oxygens (including phenoxy) is 1. The molecular formula is C36H19F2N3O7. The fourth-order valence-corrected chi connectivity index (χ4v) is 5.90. The van der Waals surface area contributed by atoms with E-state index in [1.807, 2.05) is 0 Å². The number of halogens is 2. The number of fused-ring (bicyclic) bond motifs is 3. The van der Waals surface area contributed by atoms with Crippen molar-refractivity contribution >= 4 is 45.7 Å². The average Bonchev–Trinajstić information content (AvgIpc) is 3.78. The summed E-state index contributed by atoms with van der Waals surface area (Å²) >= 11 is 0. The summed E-state index contributed by atoms with van der Waals surface area (Å²) < 4.78 is 47.1. The summed E-state index contributed by atoms with van der Waals surface area (Å²) in [4.78, 5) is 48.7. The molecule has 3 heterocycles. The number of carbonyl (C=O) groups excluding carboxylic acids is 2. The lowest BCUT2D eigenvalue weighted by molar-refractivity contribution is 0.0696. The summed E-state index contributed by atoms with van der Waals surface area (Å²) in [6, 6.07) is 21.6. The molecule has 234 valence electrons. The van der Waals surface area contributed by atoms with Crippen molar-refractivity contribution in [3.63, 3.8) is 0 Å². The van der Waals surface area contributed by atoms with Crippen LogP contribution in [0.25, 0.3) is 56.2 Å². The van der Waals surface area contributed by atoms with Crippen molar-refractivity contribution < 1.29 is 41.8 Å². The van der Waals surface area contributed by atoms with Crippen LogP contribution >= 0.6 is 0 Å². The third-order valence-corrected chi connectivity index (χ3v) is 8.09. The number of amides is 2. The molecule has 0 bridgehead atoms. The Hall–Kier alpha value is -6.69. The van der Waals surface area contributed by atoms with E-state index in [0.717, 1.165) is 4.90 Å². The van der Waals surface area contributed by atoms with Crippen LogP contribution in [0.5, 0.6) is 5.75 Å². The van der Waals surface area contributed by atoms with Crippen LogP contribution in [-0.4, -0.2) is 40.0 Å². The number of carbonyl (C=O) groups is 3. The van der Waals surface area contributed by atoms with Crippen molar-refractivity contribution in [2.75, 3.05) is 12.0 Å². The lowest BCUT2D eigenvalue weighted by Crippen LogP contribution is -2.29. The van der Waals surface area contributed by atoms with Gasteiger partial charge in [0.2, 0.25) is 11.8 Å². The lowest BCUT2D eigenvalue weighted by Gasteiger charge is -2.16. The number of imide groups is 1. The van der Waals surface area contributed by atoms with Gasteiger partial charge in [0, 0.05) is 5.56 Å². The number of methoxy groups -OCH3 is 1. The molecule has 5 aromatic carbocycles. The van der Waals surface area contributed by atoms with Gasteiger partial charge in [0.05, 0.1) is 35.1 Å². The van der Waals surface area contributed by atoms with Crippen LogP contribution in [-0.2, 0) is 0 Å². The Morgan fingerprint density at radius 2 is 1.46 bits per heavy atom. The monoisotopic (exact) mass is 643 g/mol. The van der Waals surface area contributed by atoms with Gasteiger partial charge in [-0.1, -0.05) is 24.3 Å². The highest BCUT2D eigenvalue weighted by Crippen LogP contribution is 2.43. The van der Waals surface area contributed by atoms with Crippen LogP contribution in [0.3, 0.4) is 0 Å². The van der Waals surface area contributed by atoms with Crippen molar-refractivity contribution in [2.24, 2.45) is 0 Å². The van der Waals surface area contributed by atoms with E-state index in [0.29, 0.717) is 11.3 Å². The number of hydrogen-bond donors (Lipinski definition) is 1. The summed E-state index contributed by atoms with van der Waals surface area (Å²) in [6.45, 7) is 0. The Morgan fingerprint density at radius 1 is 0.750 bits per heavy atom. The topological polar surface area (TPSA) is 136 Å². The number of para-hydroxylation sites is 1. The Bertz CT molecular complexity index is 2520.